The minimum Gasteiger partial charge on any atom is -0.462 e. The summed E-state index contributed by atoms with van der Waals surface area (Å²) >= 11 is 0. The number of carbonyl (C=O) groups excluding carboxylic acids is 1. The van der Waals surface area contributed by atoms with E-state index < -0.39 is 0 Å². The van der Waals surface area contributed by atoms with E-state index in [1.807, 2.05) is 31.2 Å². The fourth-order valence-corrected chi connectivity index (χ4v) is 2.82. The lowest BCUT2D eigenvalue weighted by atomic mass is 10.2. The summed E-state index contributed by atoms with van der Waals surface area (Å²) in [4.78, 5) is 23.4. The molecule has 1 aromatic carbocycles. The maximum absolute atomic E-state index is 12.1. The molecule has 0 amide bonds. The van der Waals surface area contributed by atoms with E-state index in [1.54, 1.807) is 13.0 Å². The molecule has 6 nitrogen and oxygen atoms in total. The van der Waals surface area contributed by atoms with Gasteiger partial charge in [-0.25, -0.2) is 9.78 Å². The van der Waals surface area contributed by atoms with Gasteiger partial charge in [-0.1, -0.05) is 12.1 Å². The zero-order chi connectivity index (χ0) is 16.9. The number of rotatable bonds is 5. The quantitative estimate of drug-likeness (QED) is 0.850. The summed E-state index contributed by atoms with van der Waals surface area (Å²) in [6, 6.07) is 9.23. The highest BCUT2D eigenvalue weighted by molar-refractivity contribution is 5.96. The first kappa shape index (κ1) is 16.2. The van der Waals surface area contributed by atoms with Crippen molar-refractivity contribution in [2.75, 3.05) is 29.9 Å². The lowest BCUT2D eigenvalue weighted by molar-refractivity contribution is 0.0527. The van der Waals surface area contributed by atoms with Crippen molar-refractivity contribution in [1.82, 2.24) is 9.97 Å². The number of nitrogens with one attached hydrogen (secondary N) is 1. The Morgan fingerprint density at radius 3 is 2.75 bits per heavy atom. The van der Waals surface area contributed by atoms with Crippen molar-refractivity contribution in [1.29, 1.82) is 0 Å². The molecule has 1 aliphatic rings. The van der Waals surface area contributed by atoms with E-state index in [1.165, 1.54) is 12.8 Å². The van der Waals surface area contributed by atoms with Gasteiger partial charge in [0, 0.05) is 24.8 Å². The Morgan fingerprint density at radius 2 is 2.00 bits per heavy atom. The van der Waals surface area contributed by atoms with Crippen LogP contribution < -0.4 is 10.2 Å². The van der Waals surface area contributed by atoms with Crippen LogP contribution >= 0.6 is 0 Å². The van der Waals surface area contributed by atoms with E-state index in [4.69, 9.17) is 4.74 Å². The largest absolute Gasteiger partial charge is 0.462 e. The Hall–Kier alpha value is -2.63. The number of para-hydroxylation sites is 1. The lowest BCUT2D eigenvalue weighted by Gasteiger charge is -2.18. The molecule has 3 rings (SSSR count). The summed E-state index contributed by atoms with van der Waals surface area (Å²) in [5, 5.41) is 3.17. The van der Waals surface area contributed by atoms with Crippen molar-refractivity contribution >= 4 is 23.4 Å². The summed E-state index contributed by atoms with van der Waals surface area (Å²) < 4.78 is 5.11. The maximum atomic E-state index is 12.1. The summed E-state index contributed by atoms with van der Waals surface area (Å²) in [7, 11) is 0. The van der Waals surface area contributed by atoms with E-state index in [9.17, 15) is 4.79 Å². The number of hydrogen-bond donors (Lipinski definition) is 1. The van der Waals surface area contributed by atoms with Crippen LogP contribution in [0.25, 0.3) is 0 Å². The topological polar surface area (TPSA) is 67.3 Å². The van der Waals surface area contributed by atoms with Crippen LogP contribution in [0, 0.1) is 6.92 Å². The molecule has 1 aliphatic heterocycles. The fourth-order valence-electron chi connectivity index (χ4n) is 2.82. The van der Waals surface area contributed by atoms with Crippen LogP contribution in [0.4, 0.5) is 17.5 Å². The molecule has 1 N–H and O–H groups in total. The van der Waals surface area contributed by atoms with Gasteiger partial charge in [0.2, 0.25) is 5.95 Å². The third-order valence-corrected chi connectivity index (χ3v) is 3.94. The molecular weight excluding hydrogens is 304 g/mol. The summed E-state index contributed by atoms with van der Waals surface area (Å²) in [6.07, 6.45) is 2.38. The predicted octanol–water partition coefficient (Wildman–Crippen LogP) is 3.31. The first-order chi connectivity index (χ1) is 11.7. The van der Waals surface area contributed by atoms with E-state index in [0.29, 0.717) is 23.8 Å². The van der Waals surface area contributed by atoms with Gasteiger partial charge in [0.15, 0.2) is 0 Å². The van der Waals surface area contributed by atoms with Crippen LogP contribution in [0.1, 0.15) is 35.8 Å². The number of ether oxygens (including phenoxy) is 1. The summed E-state index contributed by atoms with van der Waals surface area (Å²) in [5.41, 5.74) is 2.02. The minimum atomic E-state index is -0.354. The number of carbonyl (C=O) groups is 1. The molecule has 0 atom stereocenters. The van der Waals surface area contributed by atoms with Gasteiger partial charge in [-0.15, -0.1) is 0 Å². The molecule has 1 saturated heterocycles. The number of esters is 1. The Labute approximate surface area is 141 Å². The molecule has 0 unspecified atom stereocenters. The van der Waals surface area contributed by atoms with Crippen molar-refractivity contribution in [2.24, 2.45) is 0 Å². The third kappa shape index (κ3) is 3.64. The van der Waals surface area contributed by atoms with Gasteiger partial charge in [0.25, 0.3) is 0 Å². The molecule has 2 aromatic rings. The number of aromatic nitrogens is 2. The second-order valence-electron chi connectivity index (χ2n) is 5.78. The molecule has 0 aliphatic carbocycles. The highest BCUT2D eigenvalue weighted by Gasteiger charge is 2.17. The number of benzene rings is 1. The molecular formula is C18H22N4O2. The summed E-state index contributed by atoms with van der Waals surface area (Å²) in [6.45, 7) is 6.13. The summed E-state index contributed by atoms with van der Waals surface area (Å²) in [5.74, 6) is 1.07. The Bertz CT molecular complexity index is 727. The van der Waals surface area contributed by atoms with Gasteiger partial charge in [-0.05, 0) is 38.8 Å². The van der Waals surface area contributed by atoms with Crippen LogP contribution in [0.15, 0.2) is 30.3 Å². The number of anilines is 3. The first-order valence-corrected chi connectivity index (χ1v) is 8.31. The van der Waals surface area contributed by atoms with Gasteiger partial charge in [-0.3, -0.25) is 0 Å². The van der Waals surface area contributed by atoms with E-state index in [2.05, 4.69) is 20.2 Å². The highest BCUT2D eigenvalue weighted by atomic mass is 16.5. The van der Waals surface area contributed by atoms with Gasteiger partial charge >= 0.3 is 5.97 Å². The zero-order valence-corrected chi connectivity index (χ0v) is 14.1. The molecule has 0 saturated carbocycles. The lowest BCUT2D eigenvalue weighted by Crippen LogP contribution is -2.20. The standard InChI is InChI=1S/C18H22N4O2/c1-3-24-17(23)14-8-4-5-9-15(14)20-18-19-13(2)12-16(21-18)22-10-6-7-11-22/h4-5,8-9,12H,3,6-7,10-11H2,1-2H3,(H,19,20,21). The van der Waals surface area contributed by atoms with Gasteiger partial charge in [0.05, 0.1) is 17.9 Å². The monoisotopic (exact) mass is 326 g/mol. The fraction of sp³-hybridized carbons (Fsp3) is 0.389. The average molecular weight is 326 g/mol. The number of aryl methyl sites for hydroxylation is 1. The second kappa shape index (κ2) is 7.29. The van der Waals surface area contributed by atoms with Crippen LogP contribution in [0.5, 0.6) is 0 Å². The number of nitrogens with zero attached hydrogens (tertiary/aromatic N) is 3. The molecule has 1 aromatic heterocycles. The van der Waals surface area contributed by atoms with Gasteiger partial charge < -0.3 is 15.0 Å². The van der Waals surface area contributed by atoms with Crippen molar-refractivity contribution in [3.63, 3.8) is 0 Å². The molecule has 126 valence electrons. The van der Waals surface area contributed by atoms with Crippen molar-refractivity contribution in [2.45, 2.75) is 26.7 Å². The molecule has 6 heteroatoms. The van der Waals surface area contributed by atoms with Gasteiger partial charge in [0.1, 0.15) is 5.82 Å². The normalized spacial score (nSPS) is 13.8. The van der Waals surface area contributed by atoms with Gasteiger partial charge in [-0.2, -0.15) is 4.98 Å². The third-order valence-electron chi connectivity index (χ3n) is 3.94. The van der Waals surface area contributed by atoms with Crippen LogP contribution in [0.3, 0.4) is 0 Å². The van der Waals surface area contributed by atoms with E-state index in [0.717, 1.165) is 24.6 Å². The SMILES string of the molecule is CCOC(=O)c1ccccc1Nc1nc(C)cc(N2CCCC2)n1. The van der Waals surface area contributed by atoms with E-state index >= 15 is 0 Å². The molecule has 0 radical (unpaired) electrons. The van der Waals surface area contributed by atoms with Crippen molar-refractivity contribution in [3.05, 3.63) is 41.6 Å². The first-order valence-electron chi connectivity index (χ1n) is 8.31. The minimum absolute atomic E-state index is 0.340. The number of hydrogen-bond acceptors (Lipinski definition) is 6. The Morgan fingerprint density at radius 1 is 1.25 bits per heavy atom. The molecule has 24 heavy (non-hydrogen) atoms. The average Bonchev–Trinajstić information content (AvgIpc) is 3.09. The maximum Gasteiger partial charge on any atom is 0.340 e. The van der Waals surface area contributed by atoms with Crippen LogP contribution in [0.2, 0.25) is 0 Å². The molecule has 0 spiro atoms. The second-order valence-corrected chi connectivity index (χ2v) is 5.78. The Balaban J connectivity index is 1.87. The highest BCUT2D eigenvalue weighted by Crippen LogP contribution is 2.23. The smallest absolute Gasteiger partial charge is 0.340 e. The predicted molar refractivity (Wildman–Crippen MR) is 93.9 cm³/mol. The van der Waals surface area contributed by atoms with Crippen molar-refractivity contribution in [3.8, 4) is 0 Å². The zero-order valence-electron chi connectivity index (χ0n) is 14.1. The molecule has 1 fully saturated rings. The van der Waals surface area contributed by atoms with Crippen molar-refractivity contribution < 1.29 is 9.53 Å². The van der Waals surface area contributed by atoms with E-state index in [-0.39, 0.29) is 5.97 Å². The Kier molecular flexibility index (Phi) is 4.93. The van der Waals surface area contributed by atoms with Crippen LogP contribution in [-0.4, -0.2) is 35.6 Å². The molecule has 2 heterocycles. The molecule has 0 bridgehead atoms. The van der Waals surface area contributed by atoms with Crippen LogP contribution in [-0.2, 0) is 4.74 Å².